The van der Waals surface area contributed by atoms with Gasteiger partial charge in [0.1, 0.15) is 5.75 Å². The first kappa shape index (κ1) is 20.6. The molecule has 0 radical (unpaired) electrons. The van der Waals surface area contributed by atoms with E-state index in [9.17, 15) is 13.6 Å². The number of benzene rings is 2. The molecular weight excluding hydrogens is 479 g/mol. The van der Waals surface area contributed by atoms with E-state index in [4.69, 9.17) is 23.2 Å². The zero-order chi connectivity index (χ0) is 20.3. The number of ether oxygens (including phenoxy) is 1. The van der Waals surface area contributed by atoms with Crippen LogP contribution in [0.2, 0.25) is 10.0 Å². The van der Waals surface area contributed by atoms with Gasteiger partial charge in [0.2, 0.25) is 0 Å². The van der Waals surface area contributed by atoms with Crippen LogP contribution in [0.5, 0.6) is 5.75 Å². The summed E-state index contributed by atoms with van der Waals surface area (Å²) in [7, 11) is 0. The van der Waals surface area contributed by atoms with Crippen molar-refractivity contribution < 1.29 is 18.3 Å². The molecule has 3 aromatic rings. The van der Waals surface area contributed by atoms with Gasteiger partial charge in [-0.25, -0.2) is 0 Å². The molecule has 0 spiro atoms. The van der Waals surface area contributed by atoms with Gasteiger partial charge in [-0.15, -0.1) is 0 Å². The van der Waals surface area contributed by atoms with Gasteiger partial charge in [-0.1, -0.05) is 29.3 Å². The number of rotatable bonds is 6. The first-order valence-corrected chi connectivity index (χ1v) is 9.40. The topological polar surface area (TPSA) is 56.2 Å². The number of carbonyl (C=O) groups excluding carboxylic acids is 1. The van der Waals surface area contributed by atoms with Gasteiger partial charge in [0.05, 0.1) is 21.1 Å². The lowest BCUT2D eigenvalue weighted by atomic mass is 10.2. The Bertz CT molecular complexity index is 997. The fraction of sp³-hybridized carbons (Fsp3) is 0.111. The number of halogens is 5. The van der Waals surface area contributed by atoms with E-state index < -0.39 is 12.5 Å². The molecule has 0 unspecified atom stereocenters. The number of alkyl halides is 2. The molecule has 2 aromatic carbocycles. The SMILES string of the molecule is O=C(Nc1nn(Cc2ccc(Cl)c(Cl)c2)cc1Br)c1ccc(OC(F)F)cc1. The third kappa shape index (κ3) is 5.21. The van der Waals surface area contributed by atoms with Gasteiger partial charge in [-0.2, -0.15) is 13.9 Å². The van der Waals surface area contributed by atoms with E-state index >= 15 is 0 Å². The van der Waals surface area contributed by atoms with Gasteiger partial charge >= 0.3 is 6.61 Å². The third-order valence-corrected chi connectivity index (χ3v) is 4.94. The van der Waals surface area contributed by atoms with Crippen molar-refractivity contribution in [2.45, 2.75) is 13.2 Å². The maximum Gasteiger partial charge on any atom is 0.387 e. The summed E-state index contributed by atoms with van der Waals surface area (Å²) in [4.78, 5) is 12.3. The molecule has 0 atom stereocenters. The quantitative estimate of drug-likeness (QED) is 0.471. The zero-order valence-electron chi connectivity index (χ0n) is 14.0. The molecule has 28 heavy (non-hydrogen) atoms. The van der Waals surface area contributed by atoms with Crippen molar-refractivity contribution in [1.29, 1.82) is 0 Å². The zero-order valence-corrected chi connectivity index (χ0v) is 17.1. The van der Waals surface area contributed by atoms with Gasteiger partial charge in [0.15, 0.2) is 5.82 Å². The Morgan fingerprint density at radius 2 is 1.89 bits per heavy atom. The van der Waals surface area contributed by atoms with Crippen LogP contribution in [0.4, 0.5) is 14.6 Å². The standard InChI is InChI=1S/C18H12BrCl2F2N3O2/c19-13-9-26(8-10-1-6-14(20)15(21)7-10)25-16(13)24-17(27)11-2-4-12(5-3-11)28-18(22)23/h1-7,9,18H,8H2,(H,24,25,27). The highest BCUT2D eigenvalue weighted by atomic mass is 79.9. The van der Waals surface area contributed by atoms with Gasteiger partial charge < -0.3 is 10.1 Å². The molecule has 146 valence electrons. The fourth-order valence-corrected chi connectivity index (χ4v) is 3.09. The lowest BCUT2D eigenvalue weighted by molar-refractivity contribution is -0.0498. The molecule has 1 amide bonds. The summed E-state index contributed by atoms with van der Waals surface area (Å²) >= 11 is 15.3. The maximum absolute atomic E-state index is 12.3. The van der Waals surface area contributed by atoms with Crippen LogP contribution in [0.15, 0.2) is 53.1 Å². The summed E-state index contributed by atoms with van der Waals surface area (Å²) in [6.07, 6.45) is 1.71. The third-order valence-electron chi connectivity index (χ3n) is 3.62. The summed E-state index contributed by atoms with van der Waals surface area (Å²) in [6, 6.07) is 10.6. The number of carbonyl (C=O) groups is 1. The van der Waals surface area contributed by atoms with Crippen LogP contribution < -0.4 is 10.1 Å². The van der Waals surface area contributed by atoms with Crippen molar-refractivity contribution in [3.63, 3.8) is 0 Å². The Labute approximate surface area is 177 Å². The summed E-state index contributed by atoms with van der Waals surface area (Å²) in [5.74, 6) is -0.152. The first-order valence-electron chi connectivity index (χ1n) is 7.85. The Morgan fingerprint density at radius 3 is 2.54 bits per heavy atom. The second-order valence-electron chi connectivity index (χ2n) is 5.63. The highest BCUT2D eigenvalue weighted by Gasteiger charge is 2.13. The Hall–Kier alpha value is -2.16. The largest absolute Gasteiger partial charge is 0.435 e. The molecule has 0 saturated heterocycles. The maximum atomic E-state index is 12.3. The van der Waals surface area contributed by atoms with E-state index in [1.807, 2.05) is 6.07 Å². The van der Waals surface area contributed by atoms with Gasteiger partial charge in [-0.3, -0.25) is 9.48 Å². The van der Waals surface area contributed by atoms with E-state index in [2.05, 4.69) is 31.1 Å². The van der Waals surface area contributed by atoms with E-state index in [0.717, 1.165) is 5.56 Å². The number of amides is 1. The molecule has 10 heteroatoms. The lowest BCUT2D eigenvalue weighted by Gasteiger charge is -2.06. The molecule has 0 bridgehead atoms. The first-order chi connectivity index (χ1) is 13.3. The minimum absolute atomic E-state index is 0.0290. The molecule has 5 nitrogen and oxygen atoms in total. The fourth-order valence-electron chi connectivity index (χ4n) is 2.36. The average molecular weight is 491 g/mol. The second kappa shape index (κ2) is 8.89. The number of nitrogens with one attached hydrogen (secondary N) is 1. The van der Waals surface area contributed by atoms with Gasteiger partial charge in [-0.05, 0) is 57.9 Å². The van der Waals surface area contributed by atoms with Gasteiger partial charge in [0, 0.05) is 11.8 Å². The molecule has 0 aliphatic rings. The molecule has 3 rings (SSSR count). The van der Waals surface area contributed by atoms with Crippen LogP contribution in [0.25, 0.3) is 0 Å². The normalized spacial score (nSPS) is 10.9. The van der Waals surface area contributed by atoms with Crippen molar-refractivity contribution in [3.05, 3.63) is 74.3 Å². The number of hydrogen-bond donors (Lipinski definition) is 1. The summed E-state index contributed by atoms with van der Waals surface area (Å²) < 4.78 is 30.8. The van der Waals surface area contributed by atoms with E-state index in [1.165, 1.54) is 24.3 Å². The predicted molar refractivity (Wildman–Crippen MR) is 107 cm³/mol. The molecule has 1 heterocycles. The summed E-state index contributed by atoms with van der Waals surface area (Å²) in [5.41, 5.74) is 1.16. The summed E-state index contributed by atoms with van der Waals surface area (Å²) in [5, 5.41) is 7.88. The Kier molecular flexibility index (Phi) is 6.53. The van der Waals surface area contributed by atoms with Crippen molar-refractivity contribution in [3.8, 4) is 5.75 Å². The molecule has 0 aliphatic carbocycles. The van der Waals surface area contributed by atoms with Crippen molar-refractivity contribution >= 4 is 50.9 Å². The van der Waals surface area contributed by atoms with Crippen LogP contribution in [-0.4, -0.2) is 22.3 Å². The molecule has 0 aliphatic heterocycles. The minimum atomic E-state index is -2.92. The molecule has 1 N–H and O–H groups in total. The van der Waals surface area contributed by atoms with Crippen molar-refractivity contribution in [1.82, 2.24) is 9.78 Å². The summed E-state index contributed by atoms with van der Waals surface area (Å²) in [6.45, 7) is -2.50. The van der Waals surface area contributed by atoms with Crippen molar-refractivity contribution in [2.24, 2.45) is 0 Å². The predicted octanol–water partition coefficient (Wildman–Crippen LogP) is 5.85. The molecule has 0 saturated carbocycles. The molecule has 1 aromatic heterocycles. The van der Waals surface area contributed by atoms with Crippen LogP contribution in [0.3, 0.4) is 0 Å². The van der Waals surface area contributed by atoms with E-state index in [1.54, 1.807) is 23.0 Å². The number of nitrogens with zero attached hydrogens (tertiary/aromatic N) is 2. The van der Waals surface area contributed by atoms with Crippen LogP contribution in [0, 0.1) is 0 Å². The highest BCUT2D eigenvalue weighted by molar-refractivity contribution is 9.10. The Balaban J connectivity index is 1.69. The van der Waals surface area contributed by atoms with E-state index in [0.29, 0.717) is 26.9 Å². The highest BCUT2D eigenvalue weighted by Crippen LogP contribution is 2.25. The minimum Gasteiger partial charge on any atom is -0.435 e. The van der Waals surface area contributed by atoms with E-state index in [-0.39, 0.29) is 11.3 Å². The van der Waals surface area contributed by atoms with Crippen molar-refractivity contribution in [2.75, 3.05) is 5.32 Å². The molecule has 0 fully saturated rings. The van der Waals surface area contributed by atoms with Crippen LogP contribution in [0.1, 0.15) is 15.9 Å². The number of hydrogen-bond acceptors (Lipinski definition) is 3. The van der Waals surface area contributed by atoms with Crippen LogP contribution in [-0.2, 0) is 6.54 Å². The molecular formula is C18H12BrCl2F2N3O2. The van der Waals surface area contributed by atoms with Crippen LogP contribution >= 0.6 is 39.1 Å². The lowest BCUT2D eigenvalue weighted by Crippen LogP contribution is -2.13. The second-order valence-corrected chi connectivity index (χ2v) is 7.30. The van der Waals surface area contributed by atoms with Gasteiger partial charge in [0.25, 0.3) is 5.91 Å². The smallest absolute Gasteiger partial charge is 0.387 e. The average Bonchev–Trinajstić information content (AvgIpc) is 2.97. The monoisotopic (exact) mass is 489 g/mol. The number of anilines is 1. The number of aromatic nitrogens is 2. The Morgan fingerprint density at radius 1 is 1.18 bits per heavy atom.